The summed E-state index contributed by atoms with van der Waals surface area (Å²) >= 11 is 0. The number of β-amino-alcohol motifs (C(OH)–C–C–N with tert-alkyl or cyclic N) is 1. The maximum Gasteiger partial charge on any atom is 0.257 e. The van der Waals surface area contributed by atoms with Gasteiger partial charge in [0.25, 0.3) is 11.6 Å². The van der Waals surface area contributed by atoms with Gasteiger partial charge < -0.3 is 14.5 Å². The molecule has 2 aromatic rings. The van der Waals surface area contributed by atoms with Crippen LogP contribution in [-0.2, 0) is 0 Å². The predicted octanol–water partition coefficient (Wildman–Crippen LogP) is 1.13. The molecule has 1 amide bonds. The molecule has 6 heteroatoms. The average Bonchev–Trinajstić information content (AvgIpc) is 2.79. The van der Waals surface area contributed by atoms with Crippen molar-refractivity contribution in [3.63, 3.8) is 0 Å². The average molecular weight is 261 g/mol. The van der Waals surface area contributed by atoms with E-state index in [9.17, 15) is 9.90 Å². The van der Waals surface area contributed by atoms with Crippen molar-refractivity contribution >= 4 is 17.0 Å². The third kappa shape index (κ3) is 2.19. The second-order valence-corrected chi connectivity index (χ2v) is 4.89. The third-order valence-corrected chi connectivity index (χ3v) is 3.44. The first-order valence-electron chi connectivity index (χ1n) is 6.34. The Labute approximate surface area is 110 Å². The van der Waals surface area contributed by atoms with Gasteiger partial charge in [-0.15, -0.1) is 0 Å². The number of likely N-dealkylation sites (tertiary alicyclic amines) is 1. The molecule has 1 fully saturated rings. The summed E-state index contributed by atoms with van der Waals surface area (Å²) in [6, 6.07) is 1.75. The van der Waals surface area contributed by atoms with Crippen LogP contribution in [0.4, 0.5) is 0 Å². The van der Waals surface area contributed by atoms with E-state index < -0.39 is 6.10 Å². The van der Waals surface area contributed by atoms with Crippen LogP contribution in [0.25, 0.3) is 11.1 Å². The summed E-state index contributed by atoms with van der Waals surface area (Å²) < 4.78 is 5.02. The lowest BCUT2D eigenvalue weighted by Gasteiger charge is -2.30. The van der Waals surface area contributed by atoms with E-state index in [-0.39, 0.29) is 5.91 Å². The molecule has 6 nitrogen and oxygen atoms in total. The van der Waals surface area contributed by atoms with Gasteiger partial charge in [0.15, 0.2) is 0 Å². The highest BCUT2D eigenvalue weighted by Gasteiger charge is 2.23. The van der Waals surface area contributed by atoms with Crippen molar-refractivity contribution in [2.45, 2.75) is 25.9 Å². The molecule has 0 bridgehead atoms. The Morgan fingerprint density at radius 2 is 2.42 bits per heavy atom. The molecular formula is C13H15N3O3. The van der Waals surface area contributed by atoms with E-state index in [1.807, 2.05) is 6.92 Å². The summed E-state index contributed by atoms with van der Waals surface area (Å²) in [5.41, 5.74) is 1.66. The van der Waals surface area contributed by atoms with Crippen molar-refractivity contribution in [2.24, 2.45) is 0 Å². The predicted molar refractivity (Wildman–Crippen MR) is 67.7 cm³/mol. The molecule has 19 heavy (non-hydrogen) atoms. The summed E-state index contributed by atoms with van der Waals surface area (Å²) in [6.07, 6.45) is 2.66. The van der Waals surface area contributed by atoms with Gasteiger partial charge in [0, 0.05) is 19.3 Å². The Hall–Kier alpha value is -1.95. The van der Waals surface area contributed by atoms with Gasteiger partial charge in [-0.1, -0.05) is 5.16 Å². The number of aliphatic hydroxyl groups excluding tert-OH is 1. The van der Waals surface area contributed by atoms with Crippen molar-refractivity contribution in [3.05, 3.63) is 23.5 Å². The number of hydrogen-bond acceptors (Lipinski definition) is 5. The molecule has 3 rings (SSSR count). The Morgan fingerprint density at radius 1 is 1.58 bits per heavy atom. The highest BCUT2D eigenvalue weighted by Crippen LogP contribution is 2.19. The molecule has 1 aliphatic heterocycles. The zero-order valence-corrected chi connectivity index (χ0v) is 10.7. The summed E-state index contributed by atoms with van der Waals surface area (Å²) in [5, 5.41) is 14.2. The molecule has 0 spiro atoms. The normalized spacial score (nSPS) is 19.9. The number of rotatable bonds is 1. The maximum atomic E-state index is 12.3. The topological polar surface area (TPSA) is 79.5 Å². The maximum absolute atomic E-state index is 12.3. The first-order valence-corrected chi connectivity index (χ1v) is 6.34. The van der Waals surface area contributed by atoms with Gasteiger partial charge >= 0.3 is 0 Å². The number of pyridine rings is 1. The number of amides is 1. The van der Waals surface area contributed by atoms with E-state index >= 15 is 0 Å². The Bertz CT molecular complexity index is 623. The van der Waals surface area contributed by atoms with Gasteiger partial charge in [-0.3, -0.25) is 4.79 Å². The highest BCUT2D eigenvalue weighted by molar-refractivity contribution is 5.97. The van der Waals surface area contributed by atoms with Crippen molar-refractivity contribution in [1.29, 1.82) is 0 Å². The summed E-state index contributed by atoms with van der Waals surface area (Å²) in [5.74, 6) is -0.103. The molecule has 100 valence electrons. The lowest BCUT2D eigenvalue weighted by molar-refractivity contribution is 0.0473. The number of carbonyl (C=O) groups excluding carboxylic acids is 1. The van der Waals surface area contributed by atoms with Crippen LogP contribution in [0.15, 0.2) is 16.8 Å². The molecule has 2 aromatic heterocycles. The van der Waals surface area contributed by atoms with Crippen LogP contribution in [0.1, 0.15) is 28.9 Å². The van der Waals surface area contributed by atoms with Crippen LogP contribution in [0.2, 0.25) is 0 Å². The molecule has 1 aliphatic rings. The molecule has 1 unspecified atom stereocenters. The van der Waals surface area contributed by atoms with E-state index in [4.69, 9.17) is 4.52 Å². The number of nitrogens with zero attached hydrogens (tertiary/aromatic N) is 3. The van der Waals surface area contributed by atoms with Gasteiger partial charge in [0.2, 0.25) is 0 Å². The number of fused-ring (bicyclic) bond motifs is 1. The third-order valence-electron chi connectivity index (χ3n) is 3.44. The minimum Gasteiger partial charge on any atom is -0.391 e. The summed E-state index contributed by atoms with van der Waals surface area (Å²) in [6.45, 7) is 2.88. The monoisotopic (exact) mass is 261 g/mol. The van der Waals surface area contributed by atoms with Crippen LogP contribution in [0.3, 0.4) is 0 Å². The van der Waals surface area contributed by atoms with Crippen LogP contribution < -0.4 is 0 Å². The first kappa shape index (κ1) is 12.1. The highest BCUT2D eigenvalue weighted by atomic mass is 16.5. The number of aromatic nitrogens is 2. The fourth-order valence-corrected chi connectivity index (χ4v) is 2.38. The molecule has 0 aliphatic carbocycles. The summed E-state index contributed by atoms with van der Waals surface area (Å²) in [4.78, 5) is 18.1. The van der Waals surface area contributed by atoms with E-state index in [0.29, 0.717) is 24.4 Å². The zero-order chi connectivity index (χ0) is 13.4. The number of carbonyl (C=O) groups is 1. The Kier molecular flexibility index (Phi) is 2.94. The molecule has 1 saturated heterocycles. The van der Waals surface area contributed by atoms with E-state index in [1.54, 1.807) is 11.0 Å². The van der Waals surface area contributed by atoms with Crippen molar-refractivity contribution in [2.75, 3.05) is 13.1 Å². The lowest BCUT2D eigenvalue weighted by Crippen LogP contribution is -2.42. The summed E-state index contributed by atoms with van der Waals surface area (Å²) in [7, 11) is 0. The molecule has 1 N–H and O–H groups in total. The largest absolute Gasteiger partial charge is 0.391 e. The van der Waals surface area contributed by atoms with Gasteiger partial charge in [0.1, 0.15) is 0 Å². The number of piperidine rings is 1. The Balaban J connectivity index is 1.90. The molecule has 0 saturated carbocycles. The molecular weight excluding hydrogens is 246 g/mol. The quantitative estimate of drug-likeness (QED) is 0.832. The molecule has 0 radical (unpaired) electrons. The van der Waals surface area contributed by atoms with Gasteiger partial charge in [-0.05, 0) is 25.8 Å². The zero-order valence-electron chi connectivity index (χ0n) is 10.7. The van der Waals surface area contributed by atoms with Gasteiger partial charge in [0.05, 0.1) is 22.7 Å². The fourth-order valence-electron chi connectivity index (χ4n) is 2.38. The van der Waals surface area contributed by atoms with Crippen LogP contribution in [-0.4, -0.2) is 45.2 Å². The smallest absolute Gasteiger partial charge is 0.257 e. The minimum absolute atomic E-state index is 0.103. The number of aryl methyl sites for hydroxylation is 1. The molecule has 1 atom stereocenters. The Morgan fingerprint density at radius 3 is 3.21 bits per heavy atom. The minimum atomic E-state index is -0.424. The second kappa shape index (κ2) is 4.62. The lowest BCUT2D eigenvalue weighted by atomic mass is 10.1. The van der Waals surface area contributed by atoms with E-state index in [2.05, 4.69) is 10.1 Å². The van der Waals surface area contributed by atoms with Gasteiger partial charge in [-0.25, -0.2) is 4.98 Å². The van der Waals surface area contributed by atoms with Crippen LogP contribution >= 0.6 is 0 Å². The van der Waals surface area contributed by atoms with Crippen molar-refractivity contribution < 1.29 is 14.4 Å². The van der Waals surface area contributed by atoms with E-state index in [1.165, 1.54) is 6.20 Å². The fraction of sp³-hybridized carbons (Fsp3) is 0.462. The molecule has 0 aromatic carbocycles. The van der Waals surface area contributed by atoms with Gasteiger partial charge in [-0.2, -0.15) is 0 Å². The van der Waals surface area contributed by atoms with Crippen molar-refractivity contribution in [1.82, 2.24) is 15.0 Å². The van der Waals surface area contributed by atoms with E-state index in [0.717, 1.165) is 23.9 Å². The first-order chi connectivity index (χ1) is 9.15. The second-order valence-electron chi connectivity index (χ2n) is 4.89. The van der Waals surface area contributed by atoms with Crippen molar-refractivity contribution in [3.8, 4) is 0 Å². The molecule has 3 heterocycles. The van der Waals surface area contributed by atoms with Crippen LogP contribution in [0.5, 0.6) is 0 Å². The van der Waals surface area contributed by atoms with Crippen LogP contribution in [0, 0.1) is 6.92 Å². The number of aliphatic hydroxyl groups is 1. The standard InChI is InChI=1S/C13H15N3O3/c1-8-11-5-9(6-14-12(11)19-15-8)13(18)16-4-2-3-10(17)7-16/h5-6,10,17H,2-4,7H2,1H3. The SMILES string of the molecule is Cc1noc2ncc(C(=O)N3CCCC(O)C3)cc12. The number of hydrogen-bond donors (Lipinski definition) is 1.